The number of urea groups is 1. The van der Waals surface area contributed by atoms with Crippen LogP contribution in [0.4, 0.5) is 4.79 Å². The minimum Gasteiger partial charge on any atom is -0.354 e. The van der Waals surface area contributed by atoms with Gasteiger partial charge in [-0.05, 0) is 33.1 Å². The van der Waals surface area contributed by atoms with Crippen molar-refractivity contribution in [1.82, 2.24) is 20.4 Å². The molecule has 6 heteroatoms. The fourth-order valence-corrected chi connectivity index (χ4v) is 3.47. The zero-order chi connectivity index (χ0) is 17.5. The van der Waals surface area contributed by atoms with Gasteiger partial charge in [-0.2, -0.15) is 0 Å². The number of carbonyl (C=O) groups excluding carboxylic acids is 2. The Balaban J connectivity index is 1.77. The number of hydrogen-bond acceptors (Lipinski definition) is 3. The average molecular weight is 334 g/mol. The Labute approximate surface area is 145 Å². The van der Waals surface area contributed by atoms with Gasteiger partial charge in [0.1, 0.15) is 0 Å². The van der Waals surface area contributed by atoms with Gasteiger partial charge in [0.15, 0.2) is 0 Å². The summed E-state index contributed by atoms with van der Waals surface area (Å²) in [6, 6.07) is 0.245. The molecule has 2 atom stereocenters. The summed E-state index contributed by atoms with van der Waals surface area (Å²) in [5, 5.41) is 6.10. The smallest absolute Gasteiger partial charge is 0.317 e. The standard InChI is InChI=1S/C18H30N4O2/c1-4-8-21-9-11-22(12-10-21)18(24)20-16-7-5-6-15(13-16)17(23)19-14(2)3/h1,14-16H,5-13H2,2-3H3,(H,19,23)(H,20,24). The lowest BCUT2D eigenvalue weighted by atomic mass is 9.85. The quantitative estimate of drug-likeness (QED) is 0.755. The summed E-state index contributed by atoms with van der Waals surface area (Å²) in [5.41, 5.74) is 0. The maximum atomic E-state index is 12.4. The van der Waals surface area contributed by atoms with E-state index in [1.54, 1.807) is 0 Å². The van der Waals surface area contributed by atoms with Crippen molar-refractivity contribution in [2.75, 3.05) is 32.7 Å². The summed E-state index contributed by atoms with van der Waals surface area (Å²) < 4.78 is 0. The molecule has 1 aliphatic carbocycles. The molecule has 0 aromatic carbocycles. The molecule has 2 unspecified atom stereocenters. The summed E-state index contributed by atoms with van der Waals surface area (Å²) in [7, 11) is 0. The van der Waals surface area contributed by atoms with Crippen molar-refractivity contribution in [2.45, 2.75) is 51.6 Å². The Kier molecular flexibility index (Phi) is 6.92. The molecule has 24 heavy (non-hydrogen) atoms. The molecule has 2 N–H and O–H groups in total. The van der Waals surface area contributed by atoms with Crippen LogP contribution < -0.4 is 10.6 Å². The molecule has 3 amide bonds. The molecule has 1 heterocycles. The normalized spacial score (nSPS) is 25.2. The third-order valence-corrected chi connectivity index (χ3v) is 4.78. The molecular weight excluding hydrogens is 304 g/mol. The lowest BCUT2D eigenvalue weighted by Crippen LogP contribution is -2.54. The molecule has 0 aromatic heterocycles. The van der Waals surface area contributed by atoms with E-state index in [4.69, 9.17) is 6.42 Å². The second-order valence-corrected chi connectivity index (χ2v) is 7.14. The van der Waals surface area contributed by atoms with Crippen LogP contribution in [0.15, 0.2) is 0 Å². The number of terminal acetylenes is 1. The highest BCUT2D eigenvalue weighted by Gasteiger charge is 2.30. The molecule has 0 spiro atoms. The van der Waals surface area contributed by atoms with Crippen LogP contribution in [-0.2, 0) is 4.79 Å². The fraction of sp³-hybridized carbons (Fsp3) is 0.778. The number of nitrogens with one attached hydrogen (secondary N) is 2. The molecule has 1 saturated carbocycles. The maximum Gasteiger partial charge on any atom is 0.317 e. The van der Waals surface area contributed by atoms with Crippen LogP contribution in [0.5, 0.6) is 0 Å². The Hall–Kier alpha value is -1.74. The largest absolute Gasteiger partial charge is 0.354 e. The van der Waals surface area contributed by atoms with Gasteiger partial charge in [0.05, 0.1) is 6.54 Å². The highest BCUT2D eigenvalue weighted by molar-refractivity contribution is 5.79. The van der Waals surface area contributed by atoms with E-state index in [-0.39, 0.29) is 29.9 Å². The molecule has 2 fully saturated rings. The number of nitrogens with zero attached hydrogens (tertiary/aromatic N) is 2. The predicted molar refractivity (Wildman–Crippen MR) is 94.4 cm³/mol. The van der Waals surface area contributed by atoms with Gasteiger partial charge < -0.3 is 15.5 Å². The van der Waals surface area contributed by atoms with Crippen molar-refractivity contribution < 1.29 is 9.59 Å². The van der Waals surface area contributed by atoms with Gasteiger partial charge in [0.2, 0.25) is 5.91 Å². The summed E-state index contributed by atoms with van der Waals surface area (Å²) in [4.78, 5) is 28.7. The van der Waals surface area contributed by atoms with Crippen LogP contribution in [0, 0.1) is 18.3 Å². The predicted octanol–water partition coefficient (Wildman–Crippen LogP) is 1.03. The molecule has 1 saturated heterocycles. The molecule has 2 rings (SSSR count). The van der Waals surface area contributed by atoms with Crippen LogP contribution in [0.3, 0.4) is 0 Å². The van der Waals surface area contributed by atoms with Crippen LogP contribution in [-0.4, -0.2) is 66.5 Å². The first-order valence-corrected chi connectivity index (χ1v) is 9.01. The lowest BCUT2D eigenvalue weighted by molar-refractivity contribution is -0.126. The Bertz CT molecular complexity index is 478. The van der Waals surface area contributed by atoms with Crippen LogP contribution in [0.25, 0.3) is 0 Å². The lowest BCUT2D eigenvalue weighted by Gasteiger charge is -2.36. The summed E-state index contributed by atoms with van der Waals surface area (Å²) in [6.45, 7) is 7.64. The molecule has 2 aliphatic rings. The fourth-order valence-electron chi connectivity index (χ4n) is 3.47. The van der Waals surface area contributed by atoms with Gasteiger partial charge in [-0.15, -0.1) is 6.42 Å². The third-order valence-electron chi connectivity index (χ3n) is 4.78. The minimum absolute atomic E-state index is 0.00900. The van der Waals surface area contributed by atoms with Gasteiger partial charge in [-0.25, -0.2) is 4.79 Å². The summed E-state index contributed by atoms with van der Waals surface area (Å²) >= 11 is 0. The van der Waals surface area contributed by atoms with Gasteiger partial charge in [-0.1, -0.05) is 12.3 Å². The Morgan fingerprint density at radius 3 is 2.54 bits per heavy atom. The number of rotatable bonds is 4. The van der Waals surface area contributed by atoms with E-state index in [1.807, 2.05) is 18.7 Å². The van der Waals surface area contributed by atoms with Crippen molar-refractivity contribution >= 4 is 11.9 Å². The minimum atomic E-state index is -0.00900. The van der Waals surface area contributed by atoms with E-state index in [9.17, 15) is 9.59 Å². The Morgan fingerprint density at radius 1 is 1.21 bits per heavy atom. The van der Waals surface area contributed by atoms with Crippen LogP contribution >= 0.6 is 0 Å². The van der Waals surface area contributed by atoms with Gasteiger partial charge in [0, 0.05) is 44.2 Å². The zero-order valence-corrected chi connectivity index (χ0v) is 14.9. The van der Waals surface area contributed by atoms with E-state index in [1.165, 1.54) is 0 Å². The van der Waals surface area contributed by atoms with Crippen molar-refractivity contribution in [1.29, 1.82) is 0 Å². The van der Waals surface area contributed by atoms with Crippen molar-refractivity contribution in [3.63, 3.8) is 0 Å². The maximum absolute atomic E-state index is 12.4. The average Bonchev–Trinajstić information content (AvgIpc) is 2.55. The van der Waals surface area contributed by atoms with Crippen molar-refractivity contribution in [3.8, 4) is 12.3 Å². The number of piperazine rings is 1. The molecule has 0 aromatic rings. The topological polar surface area (TPSA) is 64.7 Å². The second-order valence-electron chi connectivity index (χ2n) is 7.14. The van der Waals surface area contributed by atoms with Crippen LogP contribution in [0.1, 0.15) is 39.5 Å². The van der Waals surface area contributed by atoms with E-state index in [0.717, 1.165) is 38.8 Å². The SMILES string of the molecule is C#CCN1CCN(C(=O)NC2CCCC(C(=O)NC(C)C)C2)CC1. The van der Waals surface area contributed by atoms with E-state index < -0.39 is 0 Å². The van der Waals surface area contributed by atoms with Gasteiger partial charge >= 0.3 is 6.03 Å². The highest BCUT2D eigenvalue weighted by atomic mass is 16.2. The first-order valence-electron chi connectivity index (χ1n) is 9.01. The molecular formula is C18H30N4O2. The summed E-state index contributed by atoms with van der Waals surface area (Å²) in [5.74, 6) is 2.78. The van der Waals surface area contributed by atoms with Crippen molar-refractivity contribution in [3.05, 3.63) is 0 Å². The first kappa shape index (κ1) is 18.6. The number of hydrogen-bond donors (Lipinski definition) is 2. The monoisotopic (exact) mass is 334 g/mol. The highest BCUT2D eigenvalue weighted by Crippen LogP contribution is 2.25. The van der Waals surface area contributed by atoms with Crippen molar-refractivity contribution in [2.24, 2.45) is 5.92 Å². The molecule has 134 valence electrons. The third kappa shape index (κ3) is 5.41. The number of carbonyl (C=O) groups is 2. The van der Waals surface area contributed by atoms with Gasteiger partial charge in [-0.3, -0.25) is 9.69 Å². The molecule has 0 radical (unpaired) electrons. The second kappa shape index (κ2) is 8.93. The van der Waals surface area contributed by atoms with E-state index in [2.05, 4.69) is 21.5 Å². The zero-order valence-electron chi connectivity index (χ0n) is 14.9. The summed E-state index contributed by atoms with van der Waals surface area (Å²) in [6.07, 6.45) is 8.91. The van der Waals surface area contributed by atoms with Crippen LogP contribution in [0.2, 0.25) is 0 Å². The molecule has 1 aliphatic heterocycles. The van der Waals surface area contributed by atoms with E-state index >= 15 is 0 Å². The number of amides is 3. The van der Waals surface area contributed by atoms with Gasteiger partial charge in [0.25, 0.3) is 0 Å². The van der Waals surface area contributed by atoms with E-state index in [0.29, 0.717) is 19.6 Å². The first-order chi connectivity index (χ1) is 11.5. The Morgan fingerprint density at radius 2 is 1.92 bits per heavy atom. The molecule has 0 bridgehead atoms. The molecule has 6 nitrogen and oxygen atoms in total.